The Labute approximate surface area is 149 Å². The minimum absolute atomic E-state index is 0.00373. The summed E-state index contributed by atoms with van der Waals surface area (Å²) < 4.78 is 10.9. The number of methoxy groups -OCH3 is 1. The standard InChI is InChI=1S/C19H28N2O4/c1-24-18-7-3-2-5-14(18)11-20-19(23)12-21-9-4-6-16(21)15-13-25-10-8-17(15)22/h2-3,5,7,15-17,22H,4,6,8-13H2,1H3,(H,20,23)/t15-,16+,17+/m0/s1. The van der Waals surface area contributed by atoms with Crippen molar-refractivity contribution in [2.75, 3.05) is 33.4 Å². The lowest BCUT2D eigenvalue weighted by Gasteiger charge is -2.36. The van der Waals surface area contributed by atoms with Gasteiger partial charge in [0.25, 0.3) is 0 Å². The predicted molar refractivity (Wildman–Crippen MR) is 94.4 cm³/mol. The van der Waals surface area contributed by atoms with Crippen molar-refractivity contribution in [1.82, 2.24) is 10.2 Å². The summed E-state index contributed by atoms with van der Waals surface area (Å²) in [5, 5.41) is 13.3. The molecule has 0 unspecified atom stereocenters. The zero-order chi connectivity index (χ0) is 17.6. The van der Waals surface area contributed by atoms with E-state index in [0.29, 0.717) is 32.7 Å². The summed E-state index contributed by atoms with van der Waals surface area (Å²) in [6, 6.07) is 7.92. The molecule has 2 heterocycles. The third-order valence-corrected chi connectivity index (χ3v) is 5.29. The van der Waals surface area contributed by atoms with Gasteiger partial charge in [-0.05, 0) is 31.9 Å². The summed E-state index contributed by atoms with van der Waals surface area (Å²) in [4.78, 5) is 14.6. The van der Waals surface area contributed by atoms with Crippen molar-refractivity contribution in [2.45, 2.75) is 38.0 Å². The van der Waals surface area contributed by atoms with Crippen molar-refractivity contribution in [3.63, 3.8) is 0 Å². The van der Waals surface area contributed by atoms with Crippen LogP contribution in [-0.2, 0) is 16.1 Å². The van der Waals surface area contributed by atoms with Crippen LogP contribution in [0.2, 0.25) is 0 Å². The van der Waals surface area contributed by atoms with Gasteiger partial charge >= 0.3 is 0 Å². The van der Waals surface area contributed by atoms with Gasteiger partial charge in [0.05, 0.1) is 26.4 Å². The van der Waals surface area contributed by atoms with Crippen molar-refractivity contribution in [3.05, 3.63) is 29.8 Å². The van der Waals surface area contributed by atoms with Crippen LogP contribution in [0.3, 0.4) is 0 Å². The van der Waals surface area contributed by atoms with Crippen LogP contribution in [0.15, 0.2) is 24.3 Å². The fourth-order valence-electron chi connectivity index (χ4n) is 3.93. The molecule has 0 saturated carbocycles. The molecule has 0 spiro atoms. The molecule has 2 aliphatic rings. The van der Waals surface area contributed by atoms with Crippen molar-refractivity contribution < 1.29 is 19.4 Å². The summed E-state index contributed by atoms with van der Waals surface area (Å²) in [7, 11) is 1.63. The van der Waals surface area contributed by atoms with Gasteiger partial charge in [0.1, 0.15) is 5.75 Å². The molecule has 1 amide bonds. The second kappa shape index (κ2) is 8.65. The Morgan fingerprint density at radius 1 is 1.40 bits per heavy atom. The first-order valence-electron chi connectivity index (χ1n) is 9.07. The maximum absolute atomic E-state index is 12.4. The van der Waals surface area contributed by atoms with E-state index in [4.69, 9.17) is 9.47 Å². The fraction of sp³-hybridized carbons (Fsp3) is 0.632. The van der Waals surface area contributed by atoms with E-state index >= 15 is 0 Å². The van der Waals surface area contributed by atoms with Crippen LogP contribution in [0.5, 0.6) is 5.75 Å². The van der Waals surface area contributed by atoms with Gasteiger partial charge in [0, 0.05) is 30.7 Å². The monoisotopic (exact) mass is 348 g/mol. The highest BCUT2D eigenvalue weighted by Crippen LogP contribution is 2.29. The van der Waals surface area contributed by atoms with Gasteiger partial charge in [-0.2, -0.15) is 0 Å². The van der Waals surface area contributed by atoms with Gasteiger partial charge in [-0.3, -0.25) is 9.69 Å². The number of nitrogens with zero attached hydrogens (tertiary/aromatic N) is 1. The number of benzene rings is 1. The average molecular weight is 348 g/mol. The van der Waals surface area contributed by atoms with E-state index in [0.717, 1.165) is 30.7 Å². The van der Waals surface area contributed by atoms with Gasteiger partial charge in [-0.15, -0.1) is 0 Å². The van der Waals surface area contributed by atoms with Crippen LogP contribution in [0.25, 0.3) is 0 Å². The van der Waals surface area contributed by atoms with E-state index in [-0.39, 0.29) is 24.0 Å². The first kappa shape index (κ1) is 18.2. The first-order valence-corrected chi connectivity index (χ1v) is 9.07. The normalized spacial score (nSPS) is 27.2. The molecule has 3 atom stereocenters. The van der Waals surface area contributed by atoms with E-state index in [1.165, 1.54) is 0 Å². The van der Waals surface area contributed by atoms with Crippen LogP contribution in [-0.4, -0.2) is 61.5 Å². The Morgan fingerprint density at radius 2 is 2.24 bits per heavy atom. The maximum Gasteiger partial charge on any atom is 0.234 e. The second-order valence-electron chi connectivity index (χ2n) is 6.86. The number of likely N-dealkylation sites (tertiary alicyclic amines) is 1. The quantitative estimate of drug-likeness (QED) is 0.808. The number of ether oxygens (including phenoxy) is 2. The summed E-state index contributed by atoms with van der Waals surface area (Å²) in [6.45, 7) is 2.93. The molecule has 2 saturated heterocycles. The predicted octanol–water partition coefficient (Wildman–Crippen LogP) is 1.17. The van der Waals surface area contributed by atoms with Crippen LogP contribution >= 0.6 is 0 Å². The molecule has 2 aliphatic heterocycles. The smallest absolute Gasteiger partial charge is 0.234 e. The topological polar surface area (TPSA) is 71.0 Å². The van der Waals surface area contributed by atoms with Crippen LogP contribution in [0.1, 0.15) is 24.8 Å². The van der Waals surface area contributed by atoms with Gasteiger partial charge in [-0.1, -0.05) is 18.2 Å². The zero-order valence-corrected chi connectivity index (χ0v) is 14.8. The molecule has 0 radical (unpaired) electrons. The highest BCUT2D eigenvalue weighted by atomic mass is 16.5. The van der Waals surface area contributed by atoms with Crippen LogP contribution < -0.4 is 10.1 Å². The number of carbonyl (C=O) groups excluding carboxylic acids is 1. The van der Waals surface area contributed by atoms with Gasteiger partial charge in [0.15, 0.2) is 0 Å². The molecule has 0 bridgehead atoms. The Hall–Kier alpha value is -1.63. The van der Waals surface area contributed by atoms with E-state index < -0.39 is 0 Å². The fourth-order valence-corrected chi connectivity index (χ4v) is 3.93. The van der Waals surface area contributed by atoms with Crippen molar-refractivity contribution in [3.8, 4) is 5.75 Å². The molecule has 138 valence electrons. The van der Waals surface area contributed by atoms with E-state index in [9.17, 15) is 9.90 Å². The molecule has 3 rings (SSSR count). The summed E-state index contributed by atoms with van der Waals surface area (Å²) in [5.41, 5.74) is 0.965. The number of aliphatic hydroxyl groups is 1. The Morgan fingerprint density at radius 3 is 3.04 bits per heavy atom. The molecular weight excluding hydrogens is 320 g/mol. The number of hydrogen-bond acceptors (Lipinski definition) is 5. The third-order valence-electron chi connectivity index (χ3n) is 5.29. The molecule has 2 fully saturated rings. The molecule has 0 aliphatic carbocycles. The number of hydrogen-bond donors (Lipinski definition) is 2. The number of amides is 1. The molecule has 25 heavy (non-hydrogen) atoms. The highest BCUT2D eigenvalue weighted by Gasteiger charge is 2.38. The molecule has 1 aromatic rings. The SMILES string of the molecule is COc1ccccc1CNC(=O)CN1CCC[C@@H]1[C@@H]1COCC[C@H]1O. The van der Waals surface area contributed by atoms with Crippen LogP contribution in [0, 0.1) is 5.92 Å². The average Bonchev–Trinajstić information content (AvgIpc) is 3.08. The maximum atomic E-state index is 12.4. The van der Waals surface area contributed by atoms with E-state index in [2.05, 4.69) is 10.2 Å². The lowest BCUT2D eigenvalue weighted by Crippen LogP contribution is -2.48. The Kier molecular flexibility index (Phi) is 6.29. The molecule has 1 aromatic carbocycles. The Balaban J connectivity index is 1.53. The van der Waals surface area contributed by atoms with Crippen molar-refractivity contribution in [2.24, 2.45) is 5.92 Å². The number of rotatable bonds is 6. The summed E-state index contributed by atoms with van der Waals surface area (Å²) in [6.07, 6.45) is 2.45. The highest BCUT2D eigenvalue weighted by molar-refractivity contribution is 5.78. The molecule has 6 heteroatoms. The van der Waals surface area contributed by atoms with Gasteiger partial charge < -0.3 is 19.9 Å². The zero-order valence-electron chi connectivity index (χ0n) is 14.8. The van der Waals surface area contributed by atoms with Crippen molar-refractivity contribution in [1.29, 1.82) is 0 Å². The molecular formula is C19H28N2O4. The van der Waals surface area contributed by atoms with Gasteiger partial charge in [0.2, 0.25) is 5.91 Å². The lowest BCUT2D eigenvalue weighted by molar-refractivity contribution is -0.124. The lowest BCUT2D eigenvalue weighted by atomic mass is 9.89. The Bertz CT molecular complexity index is 580. The van der Waals surface area contributed by atoms with Gasteiger partial charge in [-0.25, -0.2) is 0 Å². The number of nitrogens with one attached hydrogen (secondary N) is 1. The summed E-state index contributed by atoms with van der Waals surface area (Å²) >= 11 is 0. The number of para-hydroxylation sites is 1. The minimum Gasteiger partial charge on any atom is -0.496 e. The van der Waals surface area contributed by atoms with Crippen molar-refractivity contribution >= 4 is 5.91 Å². The molecule has 0 aromatic heterocycles. The number of carbonyl (C=O) groups is 1. The number of aliphatic hydroxyl groups excluding tert-OH is 1. The molecule has 2 N–H and O–H groups in total. The first-order chi connectivity index (χ1) is 12.2. The minimum atomic E-state index is -0.323. The third kappa shape index (κ3) is 4.51. The summed E-state index contributed by atoms with van der Waals surface area (Å²) in [5.74, 6) is 0.895. The van der Waals surface area contributed by atoms with Crippen LogP contribution in [0.4, 0.5) is 0 Å². The van der Waals surface area contributed by atoms with E-state index in [1.807, 2.05) is 24.3 Å². The largest absolute Gasteiger partial charge is 0.496 e. The molecule has 6 nitrogen and oxygen atoms in total. The second-order valence-corrected chi connectivity index (χ2v) is 6.86. The van der Waals surface area contributed by atoms with E-state index in [1.54, 1.807) is 7.11 Å².